The van der Waals surface area contributed by atoms with Gasteiger partial charge in [-0.15, -0.1) is 0 Å². The molecular formula is C12H18. The second kappa shape index (κ2) is 5.59. The minimum Gasteiger partial charge on any atom is -0.0814 e. The van der Waals surface area contributed by atoms with Gasteiger partial charge in [-0.1, -0.05) is 63.8 Å². The molecule has 1 aromatic rings. The van der Waals surface area contributed by atoms with E-state index in [1.54, 1.807) is 0 Å². The van der Waals surface area contributed by atoms with Crippen molar-refractivity contribution in [3.63, 3.8) is 0 Å². The molecule has 0 saturated heterocycles. The summed E-state index contributed by atoms with van der Waals surface area (Å²) in [5, 5.41) is 0. The van der Waals surface area contributed by atoms with Crippen LogP contribution < -0.4 is 0 Å². The Hall–Kier alpha value is -1.04. The topological polar surface area (TPSA) is 0 Å². The lowest BCUT2D eigenvalue weighted by molar-refractivity contribution is 0.836. The highest BCUT2D eigenvalue weighted by molar-refractivity contribution is 5.48. The molecular weight excluding hydrogens is 144 g/mol. The third-order valence-corrected chi connectivity index (χ3v) is 1.47. The molecule has 0 aromatic heterocycles. The SMILES string of the molecule is C.CC(C)/C=C/c1ccccc1. The van der Waals surface area contributed by atoms with E-state index in [-0.39, 0.29) is 7.43 Å². The zero-order valence-corrected chi connectivity index (χ0v) is 7.12. The monoisotopic (exact) mass is 162 g/mol. The fourth-order valence-electron chi connectivity index (χ4n) is 0.868. The average Bonchev–Trinajstić information content (AvgIpc) is 2.03. The van der Waals surface area contributed by atoms with Crippen LogP contribution in [-0.2, 0) is 0 Å². The van der Waals surface area contributed by atoms with Gasteiger partial charge in [0.05, 0.1) is 0 Å². The third-order valence-electron chi connectivity index (χ3n) is 1.47. The first-order valence-electron chi connectivity index (χ1n) is 4.02. The van der Waals surface area contributed by atoms with Gasteiger partial charge in [0.15, 0.2) is 0 Å². The van der Waals surface area contributed by atoms with Crippen molar-refractivity contribution in [2.45, 2.75) is 21.3 Å². The van der Waals surface area contributed by atoms with Gasteiger partial charge in [0.1, 0.15) is 0 Å². The summed E-state index contributed by atoms with van der Waals surface area (Å²) < 4.78 is 0. The summed E-state index contributed by atoms with van der Waals surface area (Å²) >= 11 is 0. The third kappa shape index (κ3) is 3.97. The van der Waals surface area contributed by atoms with Gasteiger partial charge in [0, 0.05) is 0 Å². The molecule has 0 unspecified atom stereocenters. The number of hydrogen-bond acceptors (Lipinski definition) is 0. The zero-order valence-electron chi connectivity index (χ0n) is 7.12. The highest BCUT2D eigenvalue weighted by atomic mass is 13.9. The normalized spacial score (nSPS) is 10.2. The van der Waals surface area contributed by atoms with E-state index < -0.39 is 0 Å². The molecule has 66 valence electrons. The van der Waals surface area contributed by atoms with Crippen LogP contribution in [-0.4, -0.2) is 0 Å². The van der Waals surface area contributed by atoms with Crippen LogP contribution in [0.3, 0.4) is 0 Å². The molecule has 0 aliphatic rings. The summed E-state index contributed by atoms with van der Waals surface area (Å²) in [6.07, 6.45) is 4.36. The number of benzene rings is 1. The van der Waals surface area contributed by atoms with Gasteiger partial charge in [-0.2, -0.15) is 0 Å². The maximum atomic E-state index is 2.20. The van der Waals surface area contributed by atoms with Gasteiger partial charge >= 0.3 is 0 Å². The molecule has 0 bridgehead atoms. The molecule has 0 N–H and O–H groups in total. The van der Waals surface area contributed by atoms with E-state index >= 15 is 0 Å². The maximum absolute atomic E-state index is 2.20. The molecule has 1 rings (SSSR count). The van der Waals surface area contributed by atoms with Crippen molar-refractivity contribution >= 4 is 6.08 Å². The van der Waals surface area contributed by atoms with Crippen LogP contribution in [0.2, 0.25) is 0 Å². The Bertz CT molecular complexity index is 219. The Morgan fingerprint density at radius 1 is 1.08 bits per heavy atom. The number of rotatable bonds is 2. The van der Waals surface area contributed by atoms with Crippen molar-refractivity contribution < 1.29 is 0 Å². The van der Waals surface area contributed by atoms with Crippen LogP contribution in [0.25, 0.3) is 6.08 Å². The zero-order chi connectivity index (χ0) is 8.10. The summed E-state index contributed by atoms with van der Waals surface area (Å²) in [6, 6.07) is 10.4. The Morgan fingerprint density at radius 2 is 1.67 bits per heavy atom. The predicted octanol–water partition coefficient (Wildman–Crippen LogP) is 3.99. The lowest BCUT2D eigenvalue weighted by atomic mass is 10.1. The molecule has 0 heteroatoms. The molecule has 0 atom stereocenters. The van der Waals surface area contributed by atoms with E-state index in [9.17, 15) is 0 Å². The Balaban J connectivity index is 0.00000121. The Kier molecular flexibility index (Phi) is 5.11. The Morgan fingerprint density at radius 3 is 2.17 bits per heavy atom. The van der Waals surface area contributed by atoms with Crippen LogP contribution in [0, 0.1) is 5.92 Å². The largest absolute Gasteiger partial charge is 0.0814 e. The van der Waals surface area contributed by atoms with E-state index in [4.69, 9.17) is 0 Å². The first-order chi connectivity index (χ1) is 5.29. The van der Waals surface area contributed by atoms with Crippen LogP contribution in [0.1, 0.15) is 26.8 Å². The molecule has 0 saturated carbocycles. The lowest BCUT2D eigenvalue weighted by Gasteiger charge is -1.93. The van der Waals surface area contributed by atoms with Gasteiger partial charge in [-0.3, -0.25) is 0 Å². The molecule has 0 aliphatic carbocycles. The van der Waals surface area contributed by atoms with Gasteiger partial charge < -0.3 is 0 Å². The molecule has 0 nitrogen and oxygen atoms in total. The van der Waals surface area contributed by atoms with E-state index in [1.165, 1.54) is 5.56 Å². The van der Waals surface area contributed by atoms with Gasteiger partial charge in [0.2, 0.25) is 0 Å². The molecule has 0 fully saturated rings. The summed E-state index contributed by atoms with van der Waals surface area (Å²) in [5.74, 6) is 0.634. The molecule has 0 spiro atoms. The minimum absolute atomic E-state index is 0. The minimum atomic E-state index is 0. The summed E-state index contributed by atoms with van der Waals surface area (Å²) in [4.78, 5) is 0. The Labute approximate surface area is 75.9 Å². The van der Waals surface area contributed by atoms with Crippen molar-refractivity contribution in [1.82, 2.24) is 0 Å². The van der Waals surface area contributed by atoms with Crippen molar-refractivity contribution in [3.05, 3.63) is 42.0 Å². The predicted molar refractivity (Wildman–Crippen MR) is 57.0 cm³/mol. The first-order valence-corrected chi connectivity index (χ1v) is 4.02. The molecule has 0 amide bonds. The summed E-state index contributed by atoms with van der Waals surface area (Å²) in [6.45, 7) is 4.36. The standard InChI is InChI=1S/C11H14.CH4/c1-10(2)8-9-11-6-4-3-5-7-11;/h3-10H,1-2H3;1H4/b9-8+;. The number of allylic oxidation sites excluding steroid dienone is 1. The fourth-order valence-corrected chi connectivity index (χ4v) is 0.868. The van der Waals surface area contributed by atoms with Crippen LogP contribution in [0.15, 0.2) is 36.4 Å². The van der Waals surface area contributed by atoms with Crippen molar-refractivity contribution in [1.29, 1.82) is 0 Å². The van der Waals surface area contributed by atoms with Crippen LogP contribution >= 0.6 is 0 Å². The molecule has 0 radical (unpaired) electrons. The lowest BCUT2D eigenvalue weighted by Crippen LogP contribution is -1.76. The highest BCUT2D eigenvalue weighted by Gasteiger charge is 1.84. The van der Waals surface area contributed by atoms with Gasteiger partial charge in [-0.25, -0.2) is 0 Å². The van der Waals surface area contributed by atoms with Crippen LogP contribution in [0.4, 0.5) is 0 Å². The molecule has 0 aliphatic heterocycles. The fraction of sp³-hybridized carbons (Fsp3) is 0.333. The van der Waals surface area contributed by atoms with Crippen molar-refractivity contribution in [3.8, 4) is 0 Å². The van der Waals surface area contributed by atoms with Crippen molar-refractivity contribution in [2.75, 3.05) is 0 Å². The van der Waals surface area contributed by atoms with E-state index in [0.717, 1.165) is 0 Å². The molecule has 0 heterocycles. The highest BCUT2D eigenvalue weighted by Crippen LogP contribution is 2.03. The smallest absolute Gasteiger partial charge is 0.0260 e. The first kappa shape index (κ1) is 11.0. The van der Waals surface area contributed by atoms with E-state index in [1.807, 2.05) is 6.07 Å². The average molecular weight is 162 g/mol. The second-order valence-electron chi connectivity index (χ2n) is 3.01. The summed E-state index contributed by atoms with van der Waals surface area (Å²) in [5.41, 5.74) is 1.28. The van der Waals surface area contributed by atoms with Crippen molar-refractivity contribution in [2.24, 2.45) is 5.92 Å². The number of hydrogen-bond donors (Lipinski definition) is 0. The van der Waals surface area contributed by atoms with Gasteiger partial charge in [-0.05, 0) is 11.5 Å². The van der Waals surface area contributed by atoms with E-state index in [2.05, 4.69) is 50.3 Å². The van der Waals surface area contributed by atoms with Gasteiger partial charge in [0.25, 0.3) is 0 Å². The van der Waals surface area contributed by atoms with Crippen LogP contribution in [0.5, 0.6) is 0 Å². The maximum Gasteiger partial charge on any atom is -0.0260 e. The second-order valence-corrected chi connectivity index (χ2v) is 3.01. The summed E-state index contributed by atoms with van der Waals surface area (Å²) in [7, 11) is 0. The molecule has 1 aromatic carbocycles. The van der Waals surface area contributed by atoms with E-state index in [0.29, 0.717) is 5.92 Å². The molecule has 12 heavy (non-hydrogen) atoms. The quantitative estimate of drug-likeness (QED) is 0.616.